The molecule has 0 fully saturated rings. The van der Waals surface area contributed by atoms with Gasteiger partial charge in [-0.15, -0.1) is 0 Å². The summed E-state index contributed by atoms with van der Waals surface area (Å²) in [6.45, 7) is 2.46. The highest BCUT2D eigenvalue weighted by Gasteiger charge is 2.13. The van der Waals surface area contributed by atoms with Crippen molar-refractivity contribution in [1.29, 1.82) is 0 Å². The Bertz CT molecular complexity index is 642. The van der Waals surface area contributed by atoms with E-state index in [1.54, 1.807) is 11.9 Å². The summed E-state index contributed by atoms with van der Waals surface area (Å²) < 4.78 is 1.00. The molecule has 0 aliphatic rings. The Morgan fingerprint density at radius 1 is 1.25 bits per heavy atom. The fourth-order valence-electron chi connectivity index (χ4n) is 1.95. The summed E-state index contributed by atoms with van der Waals surface area (Å²) in [5.74, 6) is -0.0134. The van der Waals surface area contributed by atoms with Crippen molar-refractivity contribution in [2.45, 2.75) is 13.5 Å². The summed E-state index contributed by atoms with van der Waals surface area (Å²) in [6, 6.07) is 13.2. The molecule has 2 nitrogen and oxygen atoms in total. The van der Waals surface area contributed by atoms with Crippen LogP contribution in [0.5, 0.6) is 0 Å². The Morgan fingerprint density at radius 2 is 1.95 bits per heavy atom. The summed E-state index contributed by atoms with van der Waals surface area (Å²) in [7, 11) is 1.78. The van der Waals surface area contributed by atoms with Crippen LogP contribution in [0.2, 0.25) is 5.02 Å². The first-order valence-electron chi connectivity index (χ1n) is 6.24. The molecule has 20 heavy (non-hydrogen) atoms. The number of amides is 1. The van der Waals surface area contributed by atoms with Crippen LogP contribution >= 0.6 is 27.5 Å². The van der Waals surface area contributed by atoms with E-state index in [9.17, 15) is 4.79 Å². The van der Waals surface area contributed by atoms with Crippen LogP contribution in [-0.2, 0) is 6.54 Å². The van der Waals surface area contributed by atoms with E-state index in [1.165, 1.54) is 0 Å². The van der Waals surface area contributed by atoms with Crippen LogP contribution < -0.4 is 0 Å². The van der Waals surface area contributed by atoms with E-state index in [-0.39, 0.29) is 5.91 Å². The third-order valence-electron chi connectivity index (χ3n) is 3.12. The summed E-state index contributed by atoms with van der Waals surface area (Å²) in [6.07, 6.45) is 0. The van der Waals surface area contributed by atoms with Crippen LogP contribution in [0, 0.1) is 6.92 Å². The van der Waals surface area contributed by atoms with Gasteiger partial charge in [0, 0.05) is 28.7 Å². The summed E-state index contributed by atoms with van der Waals surface area (Å²) >= 11 is 9.56. The molecular formula is C16H15BrClNO. The van der Waals surface area contributed by atoms with E-state index >= 15 is 0 Å². The Kier molecular flexibility index (Phi) is 4.84. The Labute approximate surface area is 132 Å². The van der Waals surface area contributed by atoms with Crippen LogP contribution in [0.25, 0.3) is 0 Å². The minimum absolute atomic E-state index is 0.0134. The van der Waals surface area contributed by atoms with Crippen LogP contribution in [-0.4, -0.2) is 17.9 Å². The van der Waals surface area contributed by atoms with Gasteiger partial charge in [0.25, 0.3) is 5.91 Å². The lowest BCUT2D eigenvalue weighted by molar-refractivity contribution is 0.0785. The molecule has 0 aliphatic heterocycles. The van der Waals surface area contributed by atoms with Gasteiger partial charge in [-0.3, -0.25) is 4.79 Å². The van der Waals surface area contributed by atoms with Gasteiger partial charge >= 0.3 is 0 Å². The highest BCUT2D eigenvalue weighted by atomic mass is 79.9. The van der Waals surface area contributed by atoms with E-state index in [1.807, 2.05) is 49.4 Å². The first-order valence-corrected chi connectivity index (χ1v) is 7.41. The molecule has 0 saturated carbocycles. The quantitative estimate of drug-likeness (QED) is 0.785. The predicted octanol–water partition coefficient (Wildman–Crippen LogP) is 4.68. The van der Waals surface area contributed by atoms with Crippen molar-refractivity contribution in [3.05, 3.63) is 68.7 Å². The molecule has 0 radical (unpaired) electrons. The van der Waals surface area contributed by atoms with Gasteiger partial charge in [-0.1, -0.05) is 45.7 Å². The number of carbonyl (C=O) groups excluding carboxylic acids is 1. The molecule has 0 aliphatic carbocycles. The molecule has 0 saturated heterocycles. The van der Waals surface area contributed by atoms with Gasteiger partial charge in [0.2, 0.25) is 0 Å². The maximum Gasteiger partial charge on any atom is 0.253 e. The molecule has 4 heteroatoms. The zero-order valence-corrected chi connectivity index (χ0v) is 13.7. The monoisotopic (exact) mass is 351 g/mol. The van der Waals surface area contributed by atoms with Crippen LogP contribution in [0.1, 0.15) is 21.5 Å². The van der Waals surface area contributed by atoms with Crippen LogP contribution in [0.3, 0.4) is 0 Å². The SMILES string of the molecule is Cc1cc(C(=O)N(C)Cc2ccccc2Cl)ccc1Br. The fraction of sp³-hybridized carbons (Fsp3) is 0.188. The second kappa shape index (κ2) is 6.42. The third-order valence-corrected chi connectivity index (χ3v) is 4.38. The van der Waals surface area contributed by atoms with Gasteiger partial charge in [-0.25, -0.2) is 0 Å². The zero-order chi connectivity index (χ0) is 14.7. The predicted molar refractivity (Wildman–Crippen MR) is 86.1 cm³/mol. The normalized spacial score (nSPS) is 10.4. The van der Waals surface area contributed by atoms with Gasteiger partial charge < -0.3 is 4.90 Å². The second-order valence-corrected chi connectivity index (χ2v) is 5.98. The minimum Gasteiger partial charge on any atom is -0.337 e. The van der Waals surface area contributed by atoms with Crippen LogP contribution in [0.15, 0.2) is 46.9 Å². The van der Waals surface area contributed by atoms with Crippen molar-refractivity contribution in [3.63, 3.8) is 0 Å². The lowest BCUT2D eigenvalue weighted by Gasteiger charge is -2.18. The number of rotatable bonds is 3. The molecule has 1 amide bonds. The number of nitrogens with zero attached hydrogens (tertiary/aromatic N) is 1. The molecule has 0 bridgehead atoms. The molecule has 2 rings (SSSR count). The average Bonchev–Trinajstić information content (AvgIpc) is 2.43. The van der Waals surface area contributed by atoms with E-state index < -0.39 is 0 Å². The second-order valence-electron chi connectivity index (χ2n) is 4.72. The van der Waals surface area contributed by atoms with Crippen molar-refractivity contribution in [2.75, 3.05) is 7.05 Å². The van der Waals surface area contributed by atoms with Gasteiger partial charge in [0.15, 0.2) is 0 Å². The molecule has 0 aromatic heterocycles. The molecular weight excluding hydrogens is 338 g/mol. The van der Waals surface area contributed by atoms with Gasteiger partial charge in [0.05, 0.1) is 0 Å². The van der Waals surface area contributed by atoms with E-state index in [0.717, 1.165) is 15.6 Å². The Morgan fingerprint density at radius 3 is 2.60 bits per heavy atom. The zero-order valence-electron chi connectivity index (χ0n) is 11.4. The summed E-state index contributed by atoms with van der Waals surface area (Å²) in [5, 5.41) is 0.680. The maximum atomic E-state index is 12.4. The first-order chi connectivity index (χ1) is 9.49. The molecule has 2 aromatic rings. The van der Waals surface area contributed by atoms with Crippen molar-refractivity contribution < 1.29 is 4.79 Å². The smallest absolute Gasteiger partial charge is 0.253 e. The van der Waals surface area contributed by atoms with E-state index in [0.29, 0.717) is 17.1 Å². The molecule has 0 heterocycles. The lowest BCUT2D eigenvalue weighted by Crippen LogP contribution is -2.26. The minimum atomic E-state index is -0.0134. The summed E-state index contributed by atoms with van der Waals surface area (Å²) in [5.41, 5.74) is 2.67. The number of hydrogen-bond donors (Lipinski definition) is 0. The van der Waals surface area contributed by atoms with Crippen molar-refractivity contribution >= 4 is 33.4 Å². The number of aryl methyl sites for hydroxylation is 1. The summed E-state index contributed by atoms with van der Waals surface area (Å²) in [4.78, 5) is 14.1. The fourth-order valence-corrected chi connectivity index (χ4v) is 2.39. The highest BCUT2D eigenvalue weighted by Crippen LogP contribution is 2.20. The average molecular weight is 353 g/mol. The topological polar surface area (TPSA) is 20.3 Å². The van der Waals surface area contributed by atoms with E-state index in [2.05, 4.69) is 15.9 Å². The Balaban J connectivity index is 2.16. The highest BCUT2D eigenvalue weighted by molar-refractivity contribution is 9.10. The van der Waals surface area contributed by atoms with Crippen LogP contribution in [0.4, 0.5) is 0 Å². The number of halogens is 2. The molecule has 104 valence electrons. The molecule has 0 unspecified atom stereocenters. The first kappa shape index (κ1) is 15.1. The lowest BCUT2D eigenvalue weighted by atomic mass is 10.1. The van der Waals surface area contributed by atoms with Crippen molar-refractivity contribution in [2.24, 2.45) is 0 Å². The van der Waals surface area contributed by atoms with Gasteiger partial charge in [0.1, 0.15) is 0 Å². The Hall–Kier alpha value is -1.32. The van der Waals surface area contributed by atoms with Crippen molar-refractivity contribution in [1.82, 2.24) is 4.90 Å². The van der Waals surface area contributed by atoms with Gasteiger partial charge in [-0.05, 0) is 42.3 Å². The standard InChI is InChI=1S/C16H15BrClNO/c1-11-9-12(7-8-14(11)17)16(20)19(2)10-13-5-3-4-6-15(13)18/h3-9H,10H2,1-2H3. The number of benzene rings is 2. The molecule has 0 atom stereocenters. The molecule has 2 aromatic carbocycles. The van der Waals surface area contributed by atoms with E-state index in [4.69, 9.17) is 11.6 Å². The number of hydrogen-bond acceptors (Lipinski definition) is 1. The largest absolute Gasteiger partial charge is 0.337 e. The third kappa shape index (κ3) is 3.41. The molecule has 0 spiro atoms. The molecule has 0 N–H and O–H groups in total. The van der Waals surface area contributed by atoms with Crippen molar-refractivity contribution in [3.8, 4) is 0 Å². The maximum absolute atomic E-state index is 12.4. The van der Waals surface area contributed by atoms with Gasteiger partial charge in [-0.2, -0.15) is 0 Å². The number of carbonyl (C=O) groups is 1.